The molecule has 0 saturated carbocycles. The van der Waals surface area contributed by atoms with Gasteiger partial charge in [0.2, 0.25) is 0 Å². The average Bonchev–Trinajstić information content (AvgIpc) is 2.52. The zero-order valence-electron chi connectivity index (χ0n) is 8.17. The summed E-state index contributed by atoms with van der Waals surface area (Å²) in [6, 6.07) is 0. The van der Waals surface area contributed by atoms with Gasteiger partial charge in [-0.2, -0.15) is 0 Å². The van der Waals surface area contributed by atoms with Crippen molar-refractivity contribution in [1.82, 2.24) is 9.80 Å². The average molecular weight is 201 g/mol. The van der Waals surface area contributed by atoms with Crippen molar-refractivity contribution >= 4 is 0 Å². The van der Waals surface area contributed by atoms with Crippen LogP contribution in [0.2, 0.25) is 0 Å². The molecule has 6 nitrogen and oxygen atoms in total. The monoisotopic (exact) mass is 201 g/mol. The van der Waals surface area contributed by atoms with Crippen molar-refractivity contribution in [3.63, 3.8) is 0 Å². The van der Waals surface area contributed by atoms with E-state index in [9.17, 15) is 0 Å². The molecule has 0 aliphatic carbocycles. The molecule has 0 aromatic heterocycles. The standard InChI is InChI=1S/C8H14N2.HNO3/c1-3-5-10-7-6-9(4-2)8-10;2-1(3)4/h3,6-7H,1,4-5,8H2,2H3;(H,2,3,4). The molecular weight excluding hydrogens is 186 g/mol. The highest BCUT2D eigenvalue weighted by Crippen LogP contribution is 2.04. The highest BCUT2D eigenvalue weighted by Gasteiger charge is 2.06. The minimum atomic E-state index is -1.50. The number of hydrogen-bond donors (Lipinski definition) is 1. The fraction of sp³-hybridized carbons (Fsp3) is 0.500. The van der Waals surface area contributed by atoms with E-state index in [0.717, 1.165) is 19.8 Å². The lowest BCUT2D eigenvalue weighted by atomic mass is 10.6. The van der Waals surface area contributed by atoms with Gasteiger partial charge in [0.1, 0.15) is 0 Å². The van der Waals surface area contributed by atoms with E-state index in [4.69, 9.17) is 15.3 Å². The van der Waals surface area contributed by atoms with Gasteiger partial charge in [-0.25, -0.2) is 0 Å². The van der Waals surface area contributed by atoms with Gasteiger partial charge in [0.25, 0.3) is 5.09 Å². The van der Waals surface area contributed by atoms with Crippen LogP contribution in [0, 0.1) is 10.1 Å². The van der Waals surface area contributed by atoms with Crippen LogP contribution in [0.1, 0.15) is 6.92 Å². The smallest absolute Gasteiger partial charge is 0.291 e. The third kappa shape index (κ3) is 5.87. The second kappa shape index (κ2) is 6.76. The van der Waals surface area contributed by atoms with Gasteiger partial charge in [-0.05, 0) is 6.92 Å². The first-order valence-corrected chi connectivity index (χ1v) is 4.20. The molecule has 0 saturated heterocycles. The Kier molecular flexibility index (Phi) is 5.93. The summed E-state index contributed by atoms with van der Waals surface area (Å²) in [5.74, 6) is 0. The zero-order chi connectivity index (χ0) is 11.0. The van der Waals surface area contributed by atoms with E-state index in [1.807, 2.05) is 6.08 Å². The maximum absolute atomic E-state index is 8.36. The molecule has 1 N–H and O–H groups in total. The third-order valence-electron chi connectivity index (χ3n) is 1.62. The van der Waals surface area contributed by atoms with E-state index in [2.05, 4.69) is 35.7 Å². The molecule has 0 bridgehead atoms. The first-order chi connectivity index (χ1) is 6.60. The SMILES string of the molecule is C=CCN1C=CN(CC)C1.O=[N+]([O-])O. The van der Waals surface area contributed by atoms with E-state index in [-0.39, 0.29) is 0 Å². The van der Waals surface area contributed by atoms with Gasteiger partial charge in [0.05, 0.1) is 6.67 Å². The summed E-state index contributed by atoms with van der Waals surface area (Å²) in [6.45, 7) is 8.89. The van der Waals surface area contributed by atoms with Gasteiger partial charge >= 0.3 is 0 Å². The molecule has 1 aliphatic rings. The Balaban J connectivity index is 0.000000364. The topological polar surface area (TPSA) is 69.9 Å². The van der Waals surface area contributed by atoms with Crippen molar-refractivity contribution in [1.29, 1.82) is 0 Å². The van der Waals surface area contributed by atoms with Crippen LogP contribution in [0.4, 0.5) is 0 Å². The number of rotatable bonds is 3. The van der Waals surface area contributed by atoms with Crippen molar-refractivity contribution in [3.05, 3.63) is 35.2 Å². The highest BCUT2D eigenvalue weighted by molar-refractivity contribution is 4.92. The minimum Gasteiger partial charge on any atom is -0.359 e. The van der Waals surface area contributed by atoms with E-state index in [1.165, 1.54) is 0 Å². The summed E-state index contributed by atoms with van der Waals surface area (Å²) in [4.78, 5) is 12.8. The molecule has 0 radical (unpaired) electrons. The molecule has 0 spiro atoms. The zero-order valence-corrected chi connectivity index (χ0v) is 8.17. The van der Waals surface area contributed by atoms with Crippen LogP contribution in [-0.4, -0.2) is 39.9 Å². The van der Waals surface area contributed by atoms with Crippen LogP contribution in [0.25, 0.3) is 0 Å². The number of nitrogens with zero attached hydrogens (tertiary/aromatic N) is 3. The molecule has 6 heteroatoms. The Morgan fingerprint density at radius 2 is 2.14 bits per heavy atom. The highest BCUT2D eigenvalue weighted by atomic mass is 16.9. The van der Waals surface area contributed by atoms with Crippen molar-refractivity contribution in [3.8, 4) is 0 Å². The minimum absolute atomic E-state index is 0.951. The van der Waals surface area contributed by atoms with Crippen molar-refractivity contribution in [2.24, 2.45) is 0 Å². The number of hydrogen-bond acceptors (Lipinski definition) is 4. The summed E-state index contributed by atoms with van der Waals surface area (Å²) < 4.78 is 0. The normalized spacial score (nSPS) is 13.5. The van der Waals surface area contributed by atoms with Gasteiger partial charge in [0, 0.05) is 25.5 Å². The predicted octanol–water partition coefficient (Wildman–Crippen LogP) is 0.891. The summed E-state index contributed by atoms with van der Waals surface area (Å²) >= 11 is 0. The van der Waals surface area contributed by atoms with Crippen LogP contribution in [0.15, 0.2) is 25.1 Å². The summed E-state index contributed by atoms with van der Waals surface area (Å²) in [6.07, 6.45) is 6.14. The molecule has 0 aromatic carbocycles. The molecule has 14 heavy (non-hydrogen) atoms. The van der Waals surface area contributed by atoms with E-state index >= 15 is 0 Å². The Morgan fingerprint density at radius 1 is 1.64 bits per heavy atom. The molecule has 1 heterocycles. The Labute approximate surface area is 82.8 Å². The quantitative estimate of drug-likeness (QED) is 0.417. The maximum Gasteiger partial charge on any atom is 0.291 e. The lowest BCUT2D eigenvalue weighted by molar-refractivity contribution is -0.742. The van der Waals surface area contributed by atoms with Gasteiger partial charge in [0.15, 0.2) is 0 Å². The van der Waals surface area contributed by atoms with Gasteiger partial charge < -0.3 is 15.0 Å². The molecule has 80 valence electrons. The third-order valence-corrected chi connectivity index (χ3v) is 1.62. The molecule has 0 aromatic rings. The predicted molar refractivity (Wildman–Crippen MR) is 52.1 cm³/mol. The molecule has 1 rings (SSSR count). The van der Waals surface area contributed by atoms with Crippen LogP contribution < -0.4 is 0 Å². The Morgan fingerprint density at radius 3 is 2.50 bits per heavy atom. The second-order valence-corrected chi connectivity index (χ2v) is 2.64. The van der Waals surface area contributed by atoms with E-state index < -0.39 is 5.09 Å². The second-order valence-electron chi connectivity index (χ2n) is 2.64. The fourth-order valence-electron chi connectivity index (χ4n) is 1.01. The Hall–Kier alpha value is -1.72. The fourth-order valence-corrected chi connectivity index (χ4v) is 1.01. The van der Waals surface area contributed by atoms with Gasteiger partial charge in [-0.15, -0.1) is 16.7 Å². The first-order valence-electron chi connectivity index (χ1n) is 4.20. The maximum atomic E-state index is 8.36. The molecule has 0 unspecified atom stereocenters. The molecule has 1 aliphatic heterocycles. The lowest BCUT2D eigenvalue weighted by Crippen LogP contribution is -2.24. The van der Waals surface area contributed by atoms with Crippen molar-refractivity contribution in [2.45, 2.75) is 6.92 Å². The summed E-state index contributed by atoms with van der Waals surface area (Å²) in [5, 5.41) is 13.6. The van der Waals surface area contributed by atoms with E-state index in [1.54, 1.807) is 0 Å². The van der Waals surface area contributed by atoms with Crippen LogP contribution >= 0.6 is 0 Å². The van der Waals surface area contributed by atoms with Crippen molar-refractivity contribution < 1.29 is 10.3 Å². The van der Waals surface area contributed by atoms with Gasteiger partial charge in [-0.3, -0.25) is 0 Å². The molecule has 0 fully saturated rings. The van der Waals surface area contributed by atoms with Crippen LogP contribution in [0.5, 0.6) is 0 Å². The molecule has 0 amide bonds. The first kappa shape index (κ1) is 12.3. The lowest BCUT2D eigenvalue weighted by Gasteiger charge is -2.17. The summed E-state index contributed by atoms with van der Waals surface area (Å²) in [7, 11) is 0. The van der Waals surface area contributed by atoms with E-state index in [0.29, 0.717) is 0 Å². The van der Waals surface area contributed by atoms with Crippen LogP contribution in [-0.2, 0) is 0 Å². The van der Waals surface area contributed by atoms with Gasteiger partial charge in [-0.1, -0.05) is 6.08 Å². The summed E-state index contributed by atoms with van der Waals surface area (Å²) in [5.41, 5.74) is 0. The Bertz CT molecular complexity index is 214. The van der Waals surface area contributed by atoms with Crippen LogP contribution in [0.3, 0.4) is 0 Å². The largest absolute Gasteiger partial charge is 0.359 e. The molecular formula is C8H15N3O3. The molecule has 0 atom stereocenters. The van der Waals surface area contributed by atoms with Crippen molar-refractivity contribution in [2.75, 3.05) is 19.8 Å².